The zero-order valence-electron chi connectivity index (χ0n) is 12.7. The van der Waals surface area contributed by atoms with E-state index in [2.05, 4.69) is 56.0 Å². The van der Waals surface area contributed by atoms with Crippen molar-refractivity contribution in [1.82, 2.24) is 4.90 Å². The van der Waals surface area contributed by atoms with E-state index in [1.807, 2.05) is 12.1 Å². The Morgan fingerprint density at radius 3 is 2.35 bits per heavy atom. The van der Waals surface area contributed by atoms with Gasteiger partial charge in [-0.15, -0.1) is 0 Å². The Bertz CT molecular complexity index is 575. The van der Waals surface area contributed by atoms with E-state index >= 15 is 0 Å². The molecule has 0 aliphatic rings. The lowest BCUT2D eigenvalue weighted by Crippen LogP contribution is -2.23. The van der Waals surface area contributed by atoms with Gasteiger partial charge in [-0.2, -0.15) is 0 Å². The fourth-order valence-corrected chi connectivity index (χ4v) is 2.41. The number of rotatable bonds is 5. The van der Waals surface area contributed by atoms with E-state index in [4.69, 9.17) is 5.73 Å². The summed E-state index contributed by atoms with van der Waals surface area (Å²) in [6.45, 7) is 9.41. The number of nitrogens with two attached hydrogens (primary N) is 1. The number of nitrogen functional groups attached to an aromatic ring is 1. The molecule has 0 saturated heterocycles. The molecule has 0 fully saturated rings. The van der Waals surface area contributed by atoms with Gasteiger partial charge in [-0.1, -0.05) is 48.9 Å². The van der Waals surface area contributed by atoms with Gasteiger partial charge in [0.1, 0.15) is 0 Å². The SMILES string of the molecule is CCN(Cc1cc(C)ccc1C)Cc1ccccc1N. The molecule has 2 aromatic carbocycles. The van der Waals surface area contributed by atoms with E-state index in [-0.39, 0.29) is 0 Å². The van der Waals surface area contributed by atoms with Gasteiger partial charge in [-0.3, -0.25) is 4.90 Å². The Hall–Kier alpha value is -1.80. The molecule has 0 aliphatic heterocycles. The maximum absolute atomic E-state index is 6.04. The first-order valence-electron chi connectivity index (χ1n) is 7.22. The van der Waals surface area contributed by atoms with Crippen molar-refractivity contribution in [3.8, 4) is 0 Å². The summed E-state index contributed by atoms with van der Waals surface area (Å²) < 4.78 is 0. The monoisotopic (exact) mass is 268 g/mol. The number of nitrogens with zero attached hydrogens (tertiary/aromatic N) is 1. The van der Waals surface area contributed by atoms with Crippen molar-refractivity contribution in [3.05, 3.63) is 64.7 Å². The van der Waals surface area contributed by atoms with E-state index in [0.29, 0.717) is 0 Å². The maximum Gasteiger partial charge on any atom is 0.0359 e. The normalized spacial score (nSPS) is 11.0. The van der Waals surface area contributed by atoms with Crippen molar-refractivity contribution in [2.45, 2.75) is 33.9 Å². The molecule has 106 valence electrons. The minimum atomic E-state index is 0.881. The summed E-state index contributed by atoms with van der Waals surface area (Å²) in [6.07, 6.45) is 0. The predicted octanol–water partition coefficient (Wildman–Crippen LogP) is 3.91. The number of aryl methyl sites for hydroxylation is 2. The molecule has 0 radical (unpaired) electrons. The number of benzene rings is 2. The van der Waals surface area contributed by atoms with Gasteiger partial charge in [0.05, 0.1) is 0 Å². The highest BCUT2D eigenvalue weighted by Gasteiger charge is 2.08. The number of hydrogen-bond donors (Lipinski definition) is 1. The molecule has 2 nitrogen and oxygen atoms in total. The van der Waals surface area contributed by atoms with E-state index in [1.54, 1.807) is 0 Å². The van der Waals surface area contributed by atoms with Gasteiger partial charge >= 0.3 is 0 Å². The van der Waals surface area contributed by atoms with Crippen molar-refractivity contribution in [1.29, 1.82) is 0 Å². The molecule has 2 aromatic rings. The highest BCUT2D eigenvalue weighted by Crippen LogP contribution is 2.17. The van der Waals surface area contributed by atoms with Crippen LogP contribution in [0.4, 0.5) is 5.69 Å². The molecular formula is C18H24N2. The van der Waals surface area contributed by atoms with Crippen LogP contribution in [0.15, 0.2) is 42.5 Å². The second-order valence-corrected chi connectivity index (χ2v) is 5.43. The van der Waals surface area contributed by atoms with Crippen LogP contribution >= 0.6 is 0 Å². The first kappa shape index (κ1) is 14.6. The molecule has 2 rings (SSSR count). The van der Waals surface area contributed by atoms with Gasteiger partial charge in [0, 0.05) is 18.8 Å². The van der Waals surface area contributed by atoms with Crippen molar-refractivity contribution < 1.29 is 0 Å². The minimum Gasteiger partial charge on any atom is -0.398 e. The van der Waals surface area contributed by atoms with Crippen LogP contribution in [0, 0.1) is 13.8 Å². The zero-order chi connectivity index (χ0) is 14.5. The zero-order valence-corrected chi connectivity index (χ0v) is 12.7. The second-order valence-electron chi connectivity index (χ2n) is 5.43. The van der Waals surface area contributed by atoms with Crippen LogP contribution in [0.25, 0.3) is 0 Å². The maximum atomic E-state index is 6.04. The van der Waals surface area contributed by atoms with Gasteiger partial charge in [-0.05, 0) is 43.1 Å². The van der Waals surface area contributed by atoms with E-state index in [9.17, 15) is 0 Å². The summed E-state index contributed by atoms with van der Waals surface area (Å²) in [4.78, 5) is 2.42. The van der Waals surface area contributed by atoms with Crippen molar-refractivity contribution in [2.24, 2.45) is 0 Å². The molecule has 0 aromatic heterocycles. The molecule has 20 heavy (non-hydrogen) atoms. The number of hydrogen-bond acceptors (Lipinski definition) is 2. The van der Waals surface area contributed by atoms with E-state index < -0.39 is 0 Å². The largest absolute Gasteiger partial charge is 0.398 e. The highest BCUT2D eigenvalue weighted by molar-refractivity contribution is 5.46. The predicted molar refractivity (Wildman–Crippen MR) is 86.6 cm³/mol. The van der Waals surface area contributed by atoms with Crippen molar-refractivity contribution in [3.63, 3.8) is 0 Å². The fourth-order valence-electron chi connectivity index (χ4n) is 2.41. The summed E-state index contributed by atoms with van der Waals surface area (Å²) in [5, 5.41) is 0. The topological polar surface area (TPSA) is 29.3 Å². The molecule has 0 atom stereocenters. The van der Waals surface area contributed by atoms with Gasteiger partial charge in [0.15, 0.2) is 0 Å². The van der Waals surface area contributed by atoms with Crippen LogP contribution in [0.3, 0.4) is 0 Å². The summed E-state index contributed by atoms with van der Waals surface area (Å²) in [7, 11) is 0. The standard InChI is InChI=1S/C18H24N2/c1-4-20(12-16-7-5-6-8-18(16)19)13-17-11-14(2)9-10-15(17)3/h5-11H,4,12-13,19H2,1-3H3. The van der Waals surface area contributed by atoms with Crippen LogP contribution in [0.1, 0.15) is 29.2 Å². The molecule has 2 N–H and O–H groups in total. The van der Waals surface area contributed by atoms with Crippen LogP contribution in [0.2, 0.25) is 0 Å². The molecule has 2 heteroatoms. The lowest BCUT2D eigenvalue weighted by molar-refractivity contribution is 0.271. The van der Waals surface area contributed by atoms with Crippen molar-refractivity contribution >= 4 is 5.69 Å². The first-order chi connectivity index (χ1) is 9.60. The van der Waals surface area contributed by atoms with E-state index in [1.165, 1.54) is 22.3 Å². The average Bonchev–Trinajstić information content (AvgIpc) is 2.44. The minimum absolute atomic E-state index is 0.881. The quantitative estimate of drug-likeness (QED) is 0.833. The molecular weight excluding hydrogens is 244 g/mol. The molecule has 0 amide bonds. The molecule has 0 aliphatic carbocycles. The van der Waals surface area contributed by atoms with Gasteiger partial charge < -0.3 is 5.73 Å². The third kappa shape index (κ3) is 3.61. The second kappa shape index (κ2) is 6.58. The van der Waals surface area contributed by atoms with Gasteiger partial charge in [0.25, 0.3) is 0 Å². The van der Waals surface area contributed by atoms with Gasteiger partial charge in [-0.25, -0.2) is 0 Å². The Kier molecular flexibility index (Phi) is 4.80. The molecule has 0 bridgehead atoms. The third-order valence-electron chi connectivity index (χ3n) is 3.79. The summed E-state index contributed by atoms with van der Waals surface area (Å²) in [5.74, 6) is 0. The lowest BCUT2D eigenvalue weighted by Gasteiger charge is -2.22. The summed E-state index contributed by atoms with van der Waals surface area (Å²) in [6, 6.07) is 14.8. The van der Waals surface area contributed by atoms with Crippen LogP contribution in [-0.2, 0) is 13.1 Å². The Morgan fingerprint density at radius 2 is 1.65 bits per heavy atom. The number of para-hydroxylation sites is 1. The summed E-state index contributed by atoms with van der Waals surface area (Å²) >= 11 is 0. The third-order valence-corrected chi connectivity index (χ3v) is 3.79. The Labute approximate surface area is 122 Å². The fraction of sp³-hybridized carbons (Fsp3) is 0.333. The first-order valence-corrected chi connectivity index (χ1v) is 7.22. The molecule has 0 saturated carbocycles. The lowest BCUT2D eigenvalue weighted by atomic mass is 10.0. The van der Waals surface area contributed by atoms with E-state index in [0.717, 1.165) is 25.3 Å². The Balaban J connectivity index is 2.13. The molecule has 0 spiro atoms. The van der Waals surface area contributed by atoms with Gasteiger partial charge in [0.2, 0.25) is 0 Å². The average molecular weight is 268 g/mol. The Morgan fingerprint density at radius 1 is 0.950 bits per heavy atom. The molecule has 0 unspecified atom stereocenters. The smallest absolute Gasteiger partial charge is 0.0359 e. The van der Waals surface area contributed by atoms with Crippen LogP contribution in [-0.4, -0.2) is 11.4 Å². The van der Waals surface area contributed by atoms with Crippen LogP contribution in [0.5, 0.6) is 0 Å². The van der Waals surface area contributed by atoms with Crippen molar-refractivity contribution in [2.75, 3.05) is 12.3 Å². The van der Waals surface area contributed by atoms with Crippen LogP contribution < -0.4 is 5.73 Å². The number of anilines is 1. The molecule has 0 heterocycles. The highest BCUT2D eigenvalue weighted by atomic mass is 15.1. The summed E-state index contributed by atoms with van der Waals surface area (Å²) in [5.41, 5.74) is 12.2.